The van der Waals surface area contributed by atoms with Gasteiger partial charge in [-0.15, -0.1) is 0 Å². The van der Waals surface area contributed by atoms with Crippen LogP contribution < -0.4 is 14.9 Å². The molecule has 0 heterocycles. The number of nitrogens with zero attached hydrogens (tertiary/aromatic N) is 1. The molecule has 1 aliphatic carbocycles. The summed E-state index contributed by atoms with van der Waals surface area (Å²) in [5.41, 5.74) is 5.52. The standard InChI is InChI=1S/C25H24N2O3/c1-29-22-14-13-18(15-23(22)30-2)17-26-27-24(28)21-16-25(21,19-9-5-3-6-10-19)20-11-7-4-8-12-20/h3-15,17,21H,16H2,1-2H3,(H,27,28)/t21-/m0/s1. The predicted octanol–water partition coefficient (Wildman–Crippen LogP) is 4.16. The fourth-order valence-corrected chi connectivity index (χ4v) is 4.04. The molecule has 1 aliphatic rings. The van der Waals surface area contributed by atoms with Crippen LogP contribution in [0.1, 0.15) is 23.1 Å². The molecule has 3 aromatic carbocycles. The average Bonchev–Trinajstić information content (AvgIpc) is 3.57. The van der Waals surface area contributed by atoms with E-state index in [1.807, 2.05) is 48.5 Å². The van der Waals surface area contributed by atoms with Crippen LogP contribution in [0.2, 0.25) is 0 Å². The molecule has 4 rings (SSSR count). The summed E-state index contributed by atoms with van der Waals surface area (Å²) >= 11 is 0. The Balaban J connectivity index is 1.51. The molecule has 30 heavy (non-hydrogen) atoms. The van der Waals surface area contributed by atoms with E-state index in [0.717, 1.165) is 23.1 Å². The first kappa shape index (κ1) is 19.7. The lowest BCUT2D eigenvalue weighted by molar-refractivity contribution is -0.122. The van der Waals surface area contributed by atoms with E-state index in [2.05, 4.69) is 34.8 Å². The Bertz CT molecular complexity index is 1010. The van der Waals surface area contributed by atoms with Gasteiger partial charge >= 0.3 is 0 Å². The Morgan fingerprint density at radius 3 is 2.10 bits per heavy atom. The van der Waals surface area contributed by atoms with Crippen LogP contribution in [0.3, 0.4) is 0 Å². The molecule has 0 bridgehead atoms. The fraction of sp³-hybridized carbons (Fsp3) is 0.200. The van der Waals surface area contributed by atoms with Gasteiger partial charge in [0.1, 0.15) is 0 Å². The van der Waals surface area contributed by atoms with Crippen molar-refractivity contribution >= 4 is 12.1 Å². The molecule has 1 atom stereocenters. The monoisotopic (exact) mass is 400 g/mol. The topological polar surface area (TPSA) is 59.9 Å². The zero-order valence-electron chi connectivity index (χ0n) is 17.0. The van der Waals surface area contributed by atoms with E-state index in [0.29, 0.717) is 11.5 Å². The summed E-state index contributed by atoms with van der Waals surface area (Å²) in [5.74, 6) is 1.01. The summed E-state index contributed by atoms with van der Waals surface area (Å²) in [6.45, 7) is 0. The van der Waals surface area contributed by atoms with Gasteiger partial charge in [0.25, 0.3) is 0 Å². The number of hydrogen-bond donors (Lipinski definition) is 1. The SMILES string of the molecule is COc1ccc(C=NNC(=O)[C@@H]2CC2(c2ccccc2)c2ccccc2)cc1OC. The van der Waals surface area contributed by atoms with Crippen molar-refractivity contribution in [2.75, 3.05) is 14.2 Å². The van der Waals surface area contributed by atoms with E-state index in [1.165, 1.54) is 0 Å². The van der Waals surface area contributed by atoms with Crippen molar-refractivity contribution in [3.05, 3.63) is 95.6 Å². The van der Waals surface area contributed by atoms with Crippen molar-refractivity contribution in [3.8, 4) is 11.5 Å². The third-order valence-corrected chi connectivity index (χ3v) is 5.65. The highest BCUT2D eigenvalue weighted by molar-refractivity contribution is 5.88. The summed E-state index contributed by atoms with van der Waals surface area (Å²) in [7, 11) is 3.17. The highest BCUT2D eigenvalue weighted by Crippen LogP contribution is 2.58. The van der Waals surface area contributed by atoms with Gasteiger partial charge in [-0.2, -0.15) is 5.10 Å². The molecule has 0 unspecified atom stereocenters. The number of hydrazone groups is 1. The first-order chi connectivity index (χ1) is 14.7. The minimum absolute atomic E-state index is 0.0839. The highest BCUT2D eigenvalue weighted by Gasteiger charge is 2.60. The smallest absolute Gasteiger partial charge is 0.244 e. The Labute approximate surface area is 176 Å². The average molecular weight is 400 g/mol. The van der Waals surface area contributed by atoms with Gasteiger partial charge in [0.2, 0.25) is 5.91 Å². The highest BCUT2D eigenvalue weighted by atomic mass is 16.5. The second-order valence-electron chi connectivity index (χ2n) is 7.31. The van der Waals surface area contributed by atoms with Crippen molar-refractivity contribution in [3.63, 3.8) is 0 Å². The number of nitrogens with one attached hydrogen (secondary N) is 1. The predicted molar refractivity (Wildman–Crippen MR) is 117 cm³/mol. The lowest BCUT2D eigenvalue weighted by atomic mass is 9.85. The van der Waals surface area contributed by atoms with Gasteiger partial charge in [-0.1, -0.05) is 60.7 Å². The van der Waals surface area contributed by atoms with Crippen molar-refractivity contribution in [1.82, 2.24) is 5.43 Å². The van der Waals surface area contributed by atoms with Crippen LogP contribution >= 0.6 is 0 Å². The Morgan fingerprint density at radius 1 is 0.933 bits per heavy atom. The molecule has 1 fully saturated rings. The molecule has 0 spiro atoms. The molecule has 1 N–H and O–H groups in total. The lowest BCUT2D eigenvalue weighted by Crippen LogP contribution is -2.25. The maximum atomic E-state index is 12.9. The normalized spacial score (nSPS) is 16.8. The third kappa shape index (κ3) is 3.66. The maximum absolute atomic E-state index is 12.9. The number of hydrogen-bond acceptors (Lipinski definition) is 4. The minimum Gasteiger partial charge on any atom is -0.493 e. The number of amides is 1. The van der Waals surface area contributed by atoms with Gasteiger partial charge < -0.3 is 9.47 Å². The van der Waals surface area contributed by atoms with Gasteiger partial charge in [0.05, 0.1) is 26.4 Å². The van der Waals surface area contributed by atoms with Crippen LogP contribution in [-0.4, -0.2) is 26.3 Å². The fourth-order valence-electron chi connectivity index (χ4n) is 4.04. The Morgan fingerprint density at radius 2 is 1.53 bits per heavy atom. The first-order valence-electron chi connectivity index (χ1n) is 9.85. The van der Waals surface area contributed by atoms with Crippen LogP contribution in [0.4, 0.5) is 0 Å². The van der Waals surface area contributed by atoms with Gasteiger partial charge in [-0.05, 0) is 41.3 Å². The molecule has 0 saturated heterocycles. The van der Waals surface area contributed by atoms with E-state index in [9.17, 15) is 4.79 Å². The van der Waals surface area contributed by atoms with Crippen LogP contribution in [-0.2, 0) is 10.2 Å². The molecular weight excluding hydrogens is 376 g/mol. The first-order valence-corrected chi connectivity index (χ1v) is 9.85. The molecule has 5 nitrogen and oxygen atoms in total. The van der Waals surface area contributed by atoms with Crippen LogP contribution in [0.5, 0.6) is 11.5 Å². The van der Waals surface area contributed by atoms with Crippen molar-refractivity contribution in [2.45, 2.75) is 11.8 Å². The molecule has 3 aromatic rings. The van der Waals surface area contributed by atoms with Crippen LogP contribution in [0, 0.1) is 5.92 Å². The number of benzene rings is 3. The van der Waals surface area contributed by atoms with Crippen molar-refractivity contribution < 1.29 is 14.3 Å². The van der Waals surface area contributed by atoms with E-state index < -0.39 is 0 Å². The van der Waals surface area contributed by atoms with Crippen molar-refractivity contribution in [2.24, 2.45) is 11.0 Å². The number of methoxy groups -OCH3 is 2. The second-order valence-corrected chi connectivity index (χ2v) is 7.31. The molecule has 0 radical (unpaired) electrons. The van der Waals surface area contributed by atoms with Crippen LogP contribution in [0.25, 0.3) is 0 Å². The summed E-state index contributed by atoms with van der Waals surface area (Å²) in [6.07, 6.45) is 2.37. The quantitative estimate of drug-likeness (QED) is 0.479. The molecular formula is C25H24N2O3. The molecule has 5 heteroatoms. The van der Waals surface area contributed by atoms with Gasteiger partial charge in [-0.3, -0.25) is 4.79 Å². The van der Waals surface area contributed by atoms with Crippen molar-refractivity contribution in [1.29, 1.82) is 0 Å². The molecule has 1 saturated carbocycles. The van der Waals surface area contributed by atoms with Crippen LogP contribution in [0.15, 0.2) is 84.0 Å². The number of carbonyl (C=O) groups excluding carboxylic acids is 1. The van der Waals surface area contributed by atoms with Gasteiger partial charge in [0.15, 0.2) is 11.5 Å². The van der Waals surface area contributed by atoms with E-state index in [1.54, 1.807) is 26.5 Å². The summed E-state index contributed by atoms with van der Waals surface area (Å²) in [6, 6.07) is 25.9. The summed E-state index contributed by atoms with van der Waals surface area (Å²) < 4.78 is 10.5. The summed E-state index contributed by atoms with van der Waals surface area (Å²) in [5, 5.41) is 4.17. The molecule has 0 aliphatic heterocycles. The Hall–Kier alpha value is -3.60. The van der Waals surface area contributed by atoms with E-state index in [4.69, 9.17) is 9.47 Å². The van der Waals surface area contributed by atoms with E-state index >= 15 is 0 Å². The zero-order valence-corrected chi connectivity index (χ0v) is 17.0. The van der Waals surface area contributed by atoms with Gasteiger partial charge in [0, 0.05) is 5.41 Å². The minimum atomic E-state index is -0.300. The second kappa shape index (κ2) is 8.41. The lowest BCUT2D eigenvalue weighted by Gasteiger charge is -2.18. The largest absolute Gasteiger partial charge is 0.493 e. The Kier molecular flexibility index (Phi) is 5.53. The number of ether oxygens (including phenoxy) is 2. The third-order valence-electron chi connectivity index (χ3n) is 5.65. The molecule has 152 valence electrons. The van der Waals surface area contributed by atoms with E-state index in [-0.39, 0.29) is 17.2 Å². The zero-order chi connectivity index (χ0) is 21.0. The molecule has 1 amide bonds. The number of rotatable bonds is 7. The number of carbonyl (C=O) groups is 1. The molecule has 0 aromatic heterocycles. The van der Waals surface area contributed by atoms with Gasteiger partial charge in [-0.25, -0.2) is 5.43 Å². The maximum Gasteiger partial charge on any atom is 0.244 e. The summed E-state index contributed by atoms with van der Waals surface area (Å²) in [4.78, 5) is 12.9.